The Morgan fingerprint density at radius 1 is 1.28 bits per heavy atom. The summed E-state index contributed by atoms with van der Waals surface area (Å²) in [5.41, 5.74) is 9.36. The largest absolute Gasteiger partial charge is 0.328 e. The van der Waals surface area contributed by atoms with Crippen LogP contribution in [0, 0.1) is 6.92 Å². The maximum Gasteiger partial charge on any atom is 0.137 e. The molecule has 96 valence electrons. The molecule has 4 heteroatoms. The monoisotopic (exact) mass is 244 g/mol. The Hall–Kier alpha value is -1.39. The number of likely N-dealkylation sites (tertiary alicyclic amines) is 1. The molecule has 2 N–H and O–H groups in total. The summed E-state index contributed by atoms with van der Waals surface area (Å²) in [5.74, 6) is 0. The fourth-order valence-electron chi connectivity index (χ4n) is 2.57. The average Bonchev–Trinajstić information content (AvgIpc) is 2.73. The van der Waals surface area contributed by atoms with Crippen molar-refractivity contribution in [2.45, 2.75) is 32.4 Å². The number of pyridine rings is 1. The summed E-state index contributed by atoms with van der Waals surface area (Å²) in [6, 6.07) is 4.57. The number of hydrogen-bond donors (Lipinski definition) is 1. The zero-order valence-corrected chi connectivity index (χ0v) is 10.8. The van der Waals surface area contributed by atoms with Crippen LogP contribution in [-0.2, 0) is 6.54 Å². The highest BCUT2D eigenvalue weighted by molar-refractivity contribution is 5.41. The van der Waals surface area contributed by atoms with E-state index >= 15 is 0 Å². The van der Waals surface area contributed by atoms with Crippen molar-refractivity contribution in [2.24, 2.45) is 5.73 Å². The number of imidazole rings is 1. The predicted molar refractivity (Wildman–Crippen MR) is 72.4 cm³/mol. The summed E-state index contributed by atoms with van der Waals surface area (Å²) in [7, 11) is 0. The molecule has 0 aliphatic carbocycles. The summed E-state index contributed by atoms with van der Waals surface area (Å²) in [6.45, 7) is 5.22. The average molecular weight is 244 g/mol. The van der Waals surface area contributed by atoms with Gasteiger partial charge in [0, 0.05) is 38.1 Å². The van der Waals surface area contributed by atoms with E-state index < -0.39 is 0 Å². The molecule has 4 nitrogen and oxygen atoms in total. The van der Waals surface area contributed by atoms with Crippen molar-refractivity contribution in [2.75, 3.05) is 13.1 Å². The molecule has 0 saturated carbocycles. The first-order chi connectivity index (χ1) is 8.70. The molecule has 0 radical (unpaired) electrons. The maximum atomic E-state index is 5.92. The van der Waals surface area contributed by atoms with Crippen LogP contribution in [0.3, 0.4) is 0 Å². The lowest BCUT2D eigenvalue weighted by Gasteiger charge is -2.29. The second-order valence-corrected chi connectivity index (χ2v) is 5.32. The first-order valence-electron chi connectivity index (χ1n) is 6.63. The van der Waals surface area contributed by atoms with Crippen LogP contribution in [0.25, 0.3) is 5.65 Å². The molecule has 0 bridgehead atoms. The van der Waals surface area contributed by atoms with Crippen LogP contribution in [0.4, 0.5) is 0 Å². The molecule has 3 rings (SSSR count). The van der Waals surface area contributed by atoms with Crippen molar-refractivity contribution in [1.29, 1.82) is 0 Å². The summed E-state index contributed by atoms with van der Waals surface area (Å²) < 4.78 is 2.11. The topological polar surface area (TPSA) is 46.6 Å². The minimum absolute atomic E-state index is 0.393. The third-order valence-electron chi connectivity index (χ3n) is 3.67. The van der Waals surface area contributed by atoms with Gasteiger partial charge in [0.1, 0.15) is 5.65 Å². The minimum Gasteiger partial charge on any atom is -0.328 e. The second kappa shape index (κ2) is 4.71. The molecule has 0 amide bonds. The molecule has 18 heavy (non-hydrogen) atoms. The van der Waals surface area contributed by atoms with Crippen LogP contribution in [0.2, 0.25) is 0 Å². The first-order valence-corrected chi connectivity index (χ1v) is 6.63. The molecule has 0 atom stereocenters. The zero-order chi connectivity index (χ0) is 12.5. The molecule has 0 unspecified atom stereocenters. The van der Waals surface area contributed by atoms with E-state index in [0.29, 0.717) is 6.04 Å². The van der Waals surface area contributed by atoms with Gasteiger partial charge in [0.25, 0.3) is 0 Å². The Morgan fingerprint density at radius 2 is 2.06 bits per heavy atom. The summed E-state index contributed by atoms with van der Waals surface area (Å²) in [6.07, 6.45) is 6.47. The van der Waals surface area contributed by atoms with Gasteiger partial charge in [-0.15, -0.1) is 0 Å². The number of fused-ring (bicyclic) bond motifs is 1. The van der Waals surface area contributed by atoms with Crippen LogP contribution in [-0.4, -0.2) is 33.4 Å². The number of rotatable bonds is 2. The van der Waals surface area contributed by atoms with Crippen molar-refractivity contribution in [3.05, 3.63) is 35.8 Å². The van der Waals surface area contributed by atoms with E-state index in [4.69, 9.17) is 5.73 Å². The Bertz CT molecular complexity index is 538. The highest BCUT2D eigenvalue weighted by Crippen LogP contribution is 2.13. The predicted octanol–water partition coefficient (Wildman–Crippen LogP) is 1.57. The fraction of sp³-hybridized carbons (Fsp3) is 0.500. The van der Waals surface area contributed by atoms with Gasteiger partial charge in [-0.25, -0.2) is 4.98 Å². The summed E-state index contributed by atoms with van der Waals surface area (Å²) in [5, 5.41) is 0. The van der Waals surface area contributed by atoms with Gasteiger partial charge in [-0.2, -0.15) is 0 Å². The molecule has 1 saturated heterocycles. The number of piperidine rings is 1. The van der Waals surface area contributed by atoms with Gasteiger partial charge in [0.15, 0.2) is 0 Å². The maximum absolute atomic E-state index is 5.92. The number of aromatic nitrogens is 2. The third kappa shape index (κ3) is 2.40. The highest BCUT2D eigenvalue weighted by Gasteiger charge is 2.16. The zero-order valence-electron chi connectivity index (χ0n) is 10.8. The van der Waals surface area contributed by atoms with Crippen molar-refractivity contribution in [3.63, 3.8) is 0 Å². The Balaban J connectivity index is 1.74. The van der Waals surface area contributed by atoms with Crippen molar-refractivity contribution >= 4 is 5.65 Å². The van der Waals surface area contributed by atoms with Crippen LogP contribution in [0.5, 0.6) is 0 Å². The summed E-state index contributed by atoms with van der Waals surface area (Å²) in [4.78, 5) is 7.10. The smallest absolute Gasteiger partial charge is 0.137 e. The van der Waals surface area contributed by atoms with Crippen molar-refractivity contribution in [1.82, 2.24) is 14.3 Å². The number of nitrogens with two attached hydrogens (primary N) is 1. The Morgan fingerprint density at radius 3 is 2.83 bits per heavy atom. The van der Waals surface area contributed by atoms with E-state index in [-0.39, 0.29) is 0 Å². The van der Waals surface area contributed by atoms with Gasteiger partial charge in [0.2, 0.25) is 0 Å². The third-order valence-corrected chi connectivity index (χ3v) is 3.67. The Labute approximate surface area is 107 Å². The molecule has 2 aromatic heterocycles. The first kappa shape index (κ1) is 11.7. The Kier molecular flexibility index (Phi) is 3.06. The lowest BCUT2D eigenvalue weighted by molar-refractivity contribution is 0.204. The van der Waals surface area contributed by atoms with Gasteiger partial charge in [0.05, 0.1) is 5.69 Å². The van der Waals surface area contributed by atoms with Crippen molar-refractivity contribution < 1.29 is 0 Å². The van der Waals surface area contributed by atoms with E-state index in [0.717, 1.165) is 43.8 Å². The molecule has 0 aromatic carbocycles. The van der Waals surface area contributed by atoms with Gasteiger partial charge in [-0.1, -0.05) is 6.07 Å². The SMILES string of the molecule is Cc1ccc2nc(CN3CCC(N)CC3)cn2c1. The molecule has 0 spiro atoms. The van der Waals surface area contributed by atoms with Crippen LogP contribution >= 0.6 is 0 Å². The molecular weight excluding hydrogens is 224 g/mol. The molecule has 1 aliphatic heterocycles. The number of nitrogens with zero attached hydrogens (tertiary/aromatic N) is 3. The van der Waals surface area contributed by atoms with Gasteiger partial charge >= 0.3 is 0 Å². The van der Waals surface area contributed by atoms with E-state index in [9.17, 15) is 0 Å². The number of aryl methyl sites for hydroxylation is 1. The van der Waals surface area contributed by atoms with E-state index in [1.165, 1.54) is 5.56 Å². The molecule has 1 fully saturated rings. The van der Waals surface area contributed by atoms with Crippen molar-refractivity contribution in [3.8, 4) is 0 Å². The summed E-state index contributed by atoms with van der Waals surface area (Å²) >= 11 is 0. The minimum atomic E-state index is 0.393. The fourth-order valence-corrected chi connectivity index (χ4v) is 2.57. The van der Waals surface area contributed by atoms with E-state index in [1.807, 2.05) is 0 Å². The number of hydrogen-bond acceptors (Lipinski definition) is 3. The molecular formula is C14H20N4. The highest BCUT2D eigenvalue weighted by atomic mass is 15.1. The lowest BCUT2D eigenvalue weighted by Crippen LogP contribution is -2.39. The normalized spacial score (nSPS) is 18.6. The van der Waals surface area contributed by atoms with E-state index in [1.54, 1.807) is 0 Å². The standard InChI is InChI=1S/C14H20N4/c1-11-2-3-14-16-13(10-18(14)8-11)9-17-6-4-12(15)5-7-17/h2-3,8,10,12H,4-7,9,15H2,1H3. The lowest BCUT2D eigenvalue weighted by atomic mass is 10.1. The molecule has 2 aromatic rings. The van der Waals surface area contributed by atoms with E-state index in [2.05, 4.69) is 45.7 Å². The van der Waals surface area contributed by atoms with Crippen LogP contribution < -0.4 is 5.73 Å². The van der Waals surface area contributed by atoms with Crippen LogP contribution in [0.15, 0.2) is 24.5 Å². The van der Waals surface area contributed by atoms with Gasteiger partial charge in [-0.3, -0.25) is 4.90 Å². The molecule has 3 heterocycles. The quantitative estimate of drug-likeness (QED) is 0.872. The second-order valence-electron chi connectivity index (χ2n) is 5.32. The van der Waals surface area contributed by atoms with Gasteiger partial charge < -0.3 is 10.1 Å². The van der Waals surface area contributed by atoms with Crippen LogP contribution in [0.1, 0.15) is 24.1 Å². The van der Waals surface area contributed by atoms with Gasteiger partial charge in [-0.05, 0) is 31.4 Å². The molecule has 1 aliphatic rings.